The highest BCUT2D eigenvalue weighted by Gasteiger charge is 2.30. The van der Waals surface area contributed by atoms with E-state index in [2.05, 4.69) is 37.8 Å². The molecule has 2 amide bonds. The van der Waals surface area contributed by atoms with Crippen molar-refractivity contribution in [3.05, 3.63) is 88.4 Å². The Balaban J connectivity index is 1.11. The molecule has 13 nitrogen and oxygen atoms in total. The van der Waals surface area contributed by atoms with Crippen LogP contribution in [0.5, 0.6) is 11.5 Å². The second-order valence-corrected chi connectivity index (χ2v) is 12.2. The van der Waals surface area contributed by atoms with Crippen LogP contribution in [-0.4, -0.2) is 64.4 Å². The number of carbonyl (C=O) groups excluding carboxylic acids is 2. The Bertz CT molecular complexity index is 1830. The molecule has 3 N–H and O–H groups in total. The van der Waals surface area contributed by atoms with Crippen LogP contribution in [0, 0.1) is 11.8 Å². The summed E-state index contributed by atoms with van der Waals surface area (Å²) in [6.45, 7) is 5.04. The van der Waals surface area contributed by atoms with Crippen LogP contribution in [0.2, 0.25) is 0 Å². The molecular weight excluding hydrogens is 628 g/mol. The molecule has 4 aromatic rings. The third-order valence-corrected chi connectivity index (χ3v) is 8.26. The number of ether oxygens (including phenoxy) is 5. The average Bonchev–Trinajstić information content (AvgIpc) is 3.91. The fourth-order valence-electron chi connectivity index (χ4n) is 5.84. The standard InChI is InChI=1S/C36H40N6O7/c1-22(2)37-36(44)49-28-15-11-25(18-28)29-20-32(40-39-29)38-34(43)30-19-26(41-42(30)3)12-10-24-6-5-7-31(33(24)35-46-16-17-47-35)48-21-23-8-13-27(45-4)14-9-23/h5-9,13-14,19-20,22,25,28,35H,11,15-18,21H2,1-4H3,(H,37,44)(H2,38,39,40,43)/t25-,28+/m0/s1. The smallest absolute Gasteiger partial charge is 0.407 e. The molecule has 2 aromatic carbocycles. The SMILES string of the molecule is COc1ccc(COc2cccc(C#Cc3cc(C(=O)Nc4cc([C@H]5CC[C@@H](OC(=O)NC(C)C)C5)[nH]n4)n(C)n3)c2C2OCCO2)cc1. The van der Waals surface area contributed by atoms with Gasteiger partial charge in [0.05, 0.1) is 25.9 Å². The number of aromatic nitrogens is 4. The zero-order valence-electron chi connectivity index (χ0n) is 27.9. The van der Waals surface area contributed by atoms with Gasteiger partial charge in [0.15, 0.2) is 12.1 Å². The summed E-state index contributed by atoms with van der Waals surface area (Å²) in [4.78, 5) is 25.2. The summed E-state index contributed by atoms with van der Waals surface area (Å²) in [5, 5.41) is 17.4. The summed E-state index contributed by atoms with van der Waals surface area (Å²) in [6, 6.07) is 16.7. The number of hydrogen-bond acceptors (Lipinski definition) is 9. The van der Waals surface area contributed by atoms with Gasteiger partial charge in [0.25, 0.3) is 5.91 Å². The predicted molar refractivity (Wildman–Crippen MR) is 179 cm³/mol. The lowest BCUT2D eigenvalue weighted by atomic mass is 10.0. The number of anilines is 1. The number of nitrogens with one attached hydrogen (secondary N) is 3. The molecule has 1 saturated carbocycles. The van der Waals surface area contributed by atoms with Crippen LogP contribution in [0.4, 0.5) is 10.6 Å². The van der Waals surface area contributed by atoms with Crippen molar-refractivity contribution in [1.29, 1.82) is 0 Å². The first kappa shape index (κ1) is 33.6. The Morgan fingerprint density at radius 3 is 2.63 bits per heavy atom. The van der Waals surface area contributed by atoms with Gasteiger partial charge >= 0.3 is 6.09 Å². The van der Waals surface area contributed by atoms with Crippen molar-refractivity contribution in [1.82, 2.24) is 25.3 Å². The van der Waals surface area contributed by atoms with Crippen LogP contribution in [0.15, 0.2) is 54.6 Å². The maximum Gasteiger partial charge on any atom is 0.407 e. The summed E-state index contributed by atoms with van der Waals surface area (Å²) in [5.74, 6) is 7.80. The maximum atomic E-state index is 13.2. The molecule has 1 saturated heterocycles. The molecule has 0 bridgehead atoms. The number of aryl methyl sites for hydroxylation is 1. The highest BCUT2D eigenvalue weighted by Crippen LogP contribution is 2.36. The summed E-state index contributed by atoms with van der Waals surface area (Å²) in [7, 11) is 3.31. The summed E-state index contributed by atoms with van der Waals surface area (Å²) in [6.07, 6.45) is 1.11. The minimum absolute atomic E-state index is 0.0135. The van der Waals surface area contributed by atoms with E-state index >= 15 is 0 Å². The average molecular weight is 669 g/mol. The third kappa shape index (κ3) is 8.40. The van der Waals surface area contributed by atoms with E-state index in [0.29, 0.717) is 60.3 Å². The van der Waals surface area contributed by atoms with Crippen molar-refractivity contribution in [2.75, 3.05) is 25.6 Å². The lowest BCUT2D eigenvalue weighted by Crippen LogP contribution is -2.33. The molecular formula is C36H40N6O7. The van der Waals surface area contributed by atoms with Gasteiger partial charge in [-0.1, -0.05) is 24.1 Å². The van der Waals surface area contributed by atoms with Gasteiger partial charge in [-0.2, -0.15) is 10.2 Å². The van der Waals surface area contributed by atoms with E-state index in [1.807, 2.05) is 62.4 Å². The fourth-order valence-corrected chi connectivity index (χ4v) is 5.84. The van der Waals surface area contributed by atoms with Crippen LogP contribution < -0.4 is 20.1 Å². The Morgan fingerprint density at radius 2 is 1.88 bits per heavy atom. The lowest BCUT2D eigenvalue weighted by Gasteiger charge is -2.17. The number of rotatable bonds is 10. The van der Waals surface area contributed by atoms with Crippen molar-refractivity contribution in [2.24, 2.45) is 7.05 Å². The van der Waals surface area contributed by atoms with Gasteiger partial charge in [-0.15, -0.1) is 0 Å². The zero-order valence-corrected chi connectivity index (χ0v) is 27.9. The van der Waals surface area contributed by atoms with E-state index in [0.717, 1.165) is 29.8 Å². The zero-order chi connectivity index (χ0) is 34.3. The predicted octanol–water partition coefficient (Wildman–Crippen LogP) is 5.20. The Morgan fingerprint density at radius 1 is 1.08 bits per heavy atom. The highest BCUT2D eigenvalue weighted by molar-refractivity contribution is 6.02. The van der Waals surface area contributed by atoms with Gasteiger partial charge in [0.1, 0.15) is 35.6 Å². The summed E-state index contributed by atoms with van der Waals surface area (Å²) in [5.41, 5.74) is 3.95. The number of methoxy groups -OCH3 is 1. The molecule has 2 atom stereocenters. The largest absolute Gasteiger partial charge is 0.497 e. The molecule has 1 aliphatic heterocycles. The van der Waals surface area contributed by atoms with Gasteiger partial charge in [0, 0.05) is 42.4 Å². The van der Waals surface area contributed by atoms with E-state index < -0.39 is 12.4 Å². The van der Waals surface area contributed by atoms with E-state index in [1.165, 1.54) is 4.68 Å². The molecule has 2 fully saturated rings. The maximum absolute atomic E-state index is 13.2. The highest BCUT2D eigenvalue weighted by atomic mass is 16.7. The second kappa shape index (κ2) is 15.3. The third-order valence-electron chi connectivity index (χ3n) is 8.26. The summed E-state index contributed by atoms with van der Waals surface area (Å²) < 4.78 is 30.2. The van der Waals surface area contributed by atoms with Crippen LogP contribution in [0.3, 0.4) is 0 Å². The van der Waals surface area contributed by atoms with Gasteiger partial charge in [-0.05, 0) is 68.9 Å². The Hall–Kier alpha value is -5.32. The molecule has 49 heavy (non-hydrogen) atoms. The number of nitrogens with zero attached hydrogens (tertiary/aromatic N) is 3. The topological polar surface area (TPSA) is 151 Å². The summed E-state index contributed by atoms with van der Waals surface area (Å²) >= 11 is 0. The fraction of sp³-hybridized carbons (Fsp3) is 0.389. The molecule has 13 heteroatoms. The quantitative estimate of drug-likeness (QED) is 0.194. The number of H-pyrrole nitrogens is 1. The van der Waals surface area contributed by atoms with Crippen molar-refractivity contribution in [3.63, 3.8) is 0 Å². The van der Waals surface area contributed by atoms with Crippen molar-refractivity contribution >= 4 is 17.8 Å². The van der Waals surface area contributed by atoms with Crippen LogP contribution in [-0.2, 0) is 27.9 Å². The lowest BCUT2D eigenvalue weighted by molar-refractivity contribution is -0.0460. The number of aromatic amines is 1. The van der Waals surface area contributed by atoms with Gasteiger partial charge < -0.3 is 34.3 Å². The van der Waals surface area contributed by atoms with Gasteiger partial charge in [-0.25, -0.2) is 4.79 Å². The number of amides is 2. The normalized spacial score (nSPS) is 17.4. The van der Waals surface area contributed by atoms with Crippen LogP contribution >= 0.6 is 0 Å². The molecule has 1 aliphatic carbocycles. The number of hydrogen-bond donors (Lipinski definition) is 3. The van der Waals surface area contributed by atoms with E-state index in [-0.39, 0.29) is 24.0 Å². The first-order chi connectivity index (χ1) is 23.7. The molecule has 0 spiro atoms. The Kier molecular flexibility index (Phi) is 10.5. The molecule has 3 heterocycles. The molecule has 2 aromatic heterocycles. The monoisotopic (exact) mass is 668 g/mol. The minimum Gasteiger partial charge on any atom is -0.497 e. The van der Waals surface area contributed by atoms with Crippen molar-refractivity contribution < 1.29 is 33.3 Å². The minimum atomic E-state index is -0.618. The molecule has 6 rings (SSSR count). The first-order valence-electron chi connectivity index (χ1n) is 16.3. The molecule has 0 unspecified atom stereocenters. The number of benzene rings is 2. The van der Waals surface area contributed by atoms with E-state index in [9.17, 15) is 9.59 Å². The van der Waals surface area contributed by atoms with Gasteiger partial charge in [0.2, 0.25) is 0 Å². The van der Waals surface area contributed by atoms with Gasteiger partial charge in [-0.3, -0.25) is 14.6 Å². The number of alkyl carbamates (subject to hydrolysis) is 1. The molecule has 2 aliphatic rings. The molecule has 256 valence electrons. The van der Waals surface area contributed by atoms with Crippen LogP contribution in [0.1, 0.15) is 83.9 Å². The Labute approximate surface area is 284 Å². The van der Waals surface area contributed by atoms with E-state index in [4.69, 9.17) is 23.7 Å². The van der Waals surface area contributed by atoms with Crippen molar-refractivity contribution in [2.45, 2.75) is 64.1 Å². The second-order valence-electron chi connectivity index (χ2n) is 12.2. The first-order valence-corrected chi connectivity index (χ1v) is 16.3. The van der Waals surface area contributed by atoms with Crippen molar-refractivity contribution in [3.8, 4) is 23.3 Å². The van der Waals surface area contributed by atoms with Crippen LogP contribution in [0.25, 0.3) is 0 Å². The number of carbonyl (C=O) groups is 2. The van der Waals surface area contributed by atoms with E-state index in [1.54, 1.807) is 20.2 Å². The molecule has 0 radical (unpaired) electrons.